The minimum Gasteiger partial charge on any atom is -0.361 e. The number of rotatable bonds is 2. The zero-order valence-corrected chi connectivity index (χ0v) is 16.5. The molecule has 2 saturated heterocycles. The molecule has 2 amide bonds. The van der Waals surface area contributed by atoms with Crippen molar-refractivity contribution in [1.82, 2.24) is 14.8 Å². The molecule has 1 atom stereocenters. The average Bonchev–Trinajstić information content (AvgIpc) is 3.37. The minimum atomic E-state index is -0.344. The SMILES string of the molecule is O=C(c1ccc2[nH]ccc2c1)N1CCC2(CCCN(C3CCCCC3)C2=O)C1. The molecule has 1 aromatic heterocycles. The molecule has 5 heteroatoms. The van der Waals surface area contributed by atoms with Crippen LogP contribution in [-0.2, 0) is 4.79 Å². The molecule has 0 radical (unpaired) electrons. The fraction of sp³-hybridized carbons (Fsp3) is 0.565. The Morgan fingerprint density at radius 2 is 1.89 bits per heavy atom. The van der Waals surface area contributed by atoms with Crippen molar-refractivity contribution in [2.24, 2.45) is 5.41 Å². The van der Waals surface area contributed by atoms with Gasteiger partial charge in [0.25, 0.3) is 5.91 Å². The van der Waals surface area contributed by atoms with Crippen LogP contribution in [0.2, 0.25) is 0 Å². The highest BCUT2D eigenvalue weighted by Crippen LogP contribution is 2.42. The fourth-order valence-corrected chi connectivity index (χ4v) is 5.64. The van der Waals surface area contributed by atoms with E-state index in [1.165, 1.54) is 19.3 Å². The largest absolute Gasteiger partial charge is 0.361 e. The number of hydrogen-bond acceptors (Lipinski definition) is 2. The number of piperidine rings is 1. The number of amides is 2. The first kappa shape index (κ1) is 17.8. The molecule has 148 valence electrons. The fourth-order valence-electron chi connectivity index (χ4n) is 5.64. The van der Waals surface area contributed by atoms with E-state index in [9.17, 15) is 9.59 Å². The Morgan fingerprint density at radius 3 is 2.75 bits per heavy atom. The van der Waals surface area contributed by atoms with Crippen LogP contribution in [0.1, 0.15) is 61.7 Å². The van der Waals surface area contributed by atoms with Crippen LogP contribution in [0.15, 0.2) is 30.5 Å². The highest BCUT2D eigenvalue weighted by atomic mass is 16.2. The lowest BCUT2D eigenvalue weighted by molar-refractivity contribution is -0.149. The van der Waals surface area contributed by atoms with E-state index in [2.05, 4.69) is 9.88 Å². The van der Waals surface area contributed by atoms with Gasteiger partial charge in [0.2, 0.25) is 5.91 Å². The molecule has 1 aromatic carbocycles. The quantitative estimate of drug-likeness (QED) is 0.859. The summed E-state index contributed by atoms with van der Waals surface area (Å²) < 4.78 is 0. The molecule has 1 saturated carbocycles. The van der Waals surface area contributed by atoms with Crippen molar-refractivity contribution in [3.63, 3.8) is 0 Å². The summed E-state index contributed by atoms with van der Waals surface area (Å²) in [5.74, 6) is 0.379. The number of H-pyrrole nitrogens is 1. The molecule has 2 aliphatic heterocycles. The number of aromatic amines is 1. The van der Waals surface area contributed by atoms with Crippen LogP contribution in [0.4, 0.5) is 0 Å². The van der Waals surface area contributed by atoms with Crippen LogP contribution >= 0.6 is 0 Å². The lowest BCUT2D eigenvalue weighted by Crippen LogP contribution is -2.54. The maximum atomic E-state index is 13.5. The maximum Gasteiger partial charge on any atom is 0.253 e. The van der Waals surface area contributed by atoms with Gasteiger partial charge in [-0.2, -0.15) is 0 Å². The highest BCUT2D eigenvalue weighted by molar-refractivity contribution is 5.99. The van der Waals surface area contributed by atoms with Crippen molar-refractivity contribution in [3.8, 4) is 0 Å². The van der Waals surface area contributed by atoms with Crippen LogP contribution in [0.3, 0.4) is 0 Å². The van der Waals surface area contributed by atoms with E-state index in [1.807, 2.05) is 35.4 Å². The number of carbonyl (C=O) groups is 2. The Balaban J connectivity index is 1.33. The molecule has 0 bridgehead atoms. The molecule has 3 fully saturated rings. The molecule has 1 spiro atoms. The zero-order valence-electron chi connectivity index (χ0n) is 16.5. The number of nitrogens with one attached hydrogen (secondary N) is 1. The molecule has 28 heavy (non-hydrogen) atoms. The zero-order chi connectivity index (χ0) is 19.1. The van der Waals surface area contributed by atoms with Crippen LogP contribution in [0.5, 0.6) is 0 Å². The Bertz CT molecular complexity index is 898. The summed E-state index contributed by atoms with van der Waals surface area (Å²) in [6, 6.07) is 8.23. The van der Waals surface area contributed by atoms with E-state index in [4.69, 9.17) is 0 Å². The van der Waals surface area contributed by atoms with Crippen molar-refractivity contribution in [3.05, 3.63) is 36.0 Å². The second-order valence-corrected chi connectivity index (χ2v) is 8.93. The Morgan fingerprint density at radius 1 is 1.04 bits per heavy atom. The molecule has 5 nitrogen and oxygen atoms in total. The lowest BCUT2D eigenvalue weighted by atomic mass is 9.77. The first-order valence-electron chi connectivity index (χ1n) is 10.8. The van der Waals surface area contributed by atoms with Crippen LogP contribution in [0.25, 0.3) is 10.9 Å². The third-order valence-electron chi connectivity index (χ3n) is 7.23. The van der Waals surface area contributed by atoms with Gasteiger partial charge in [0, 0.05) is 48.3 Å². The van der Waals surface area contributed by atoms with Gasteiger partial charge in [-0.1, -0.05) is 19.3 Å². The van der Waals surface area contributed by atoms with Crippen LogP contribution in [0, 0.1) is 5.41 Å². The maximum absolute atomic E-state index is 13.5. The topological polar surface area (TPSA) is 56.4 Å². The van der Waals surface area contributed by atoms with Crippen LogP contribution < -0.4 is 0 Å². The summed E-state index contributed by atoms with van der Waals surface area (Å²) in [5, 5.41) is 1.05. The van der Waals surface area contributed by atoms with Gasteiger partial charge in [-0.25, -0.2) is 0 Å². The number of fused-ring (bicyclic) bond motifs is 1. The molecule has 5 rings (SSSR count). The van der Waals surface area contributed by atoms with E-state index in [1.54, 1.807) is 0 Å². The van der Waals surface area contributed by atoms with Crippen molar-refractivity contribution in [2.75, 3.05) is 19.6 Å². The summed E-state index contributed by atoms with van der Waals surface area (Å²) >= 11 is 0. The average molecular weight is 380 g/mol. The number of hydrogen-bond donors (Lipinski definition) is 1. The van der Waals surface area contributed by atoms with E-state index in [0.29, 0.717) is 25.0 Å². The molecule has 1 N–H and O–H groups in total. The van der Waals surface area contributed by atoms with Gasteiger partial charge in [0.15, 0.2) is 0 Å². The van der Waals surface area contributed by atoms with Gasteiger partial charge >= 0.3 is 0 Å². The number of nitrogens with zero attached hydrogens (tertiary/aromatic N) is 2. The number of benzene rings is 1. The standard InChI is InChI=1S/C23H29N3O2/c27-21(18-7-8-20-17(15-18)9-12-24-20)25-14-11-23(16-25)10-4-13-26(22(23)28)19-5-2-1-3-6-19/h7-9,12,15,19,24H,1-6,10-11,13-14,16H2. The molecule has 1 aliphatic carbocycles. The van der Waals surface area contributed by atoms with E-state index < -0.39 is 0 Å². The molecular weight excluding hydrogens is 350 g/mol. The lowest BCUT2D eigenvalue weighted by Gasteiger charge is -2.44. The molecule has 1 unspecified atom stereocenters. The Kier molecular flexibility index (Phi) is 4.41. The third-order valence-corrected chi connectivity index (χ3v) is 7.23. The monoisotopic (exact) mass is 379 g/mol. The van der Waals surface area contributed by atoms with Crippen molar-refractivity contribution >= 4 is 22.7 Å². The predicted molar refractivity (Wildman–Crippen MR) is 109 cm³/mol. The van der Waals surface area contributed by atoms with Crippen molar-refractivity contribution < 1.29 is 9.59 Å². The molecule has 2 aromatic rings. The second-order valence-electron chi connectivity index (χ2n) is 8.93. The van der Waals surface area contributed by atoms with Gasteiger partial charge in [-0.05, 0) is 56.4 Å². The molecular formula is C23H29N3O2. The molecule has 3 aliphatic rings. The smallest absolute Gasteiger partial charge is 0.253 e. The summed E-state index contributed by atoms with van der Waals surface area (Å²) in [7, 11) is 0. The number of aromatic nitrogens is 1. The first-order chi connectivity index (χ1) is 13.7. The summed E-state index contributed by atoms with van der Waals surface area (Å²) in [6.07, 6.45) is 10.8. The van der Waals surface area contributed by atoms with E-state index in [0.717, 1.165) is 55.1 Å². The van der Waals surface area contributed by atoms with Crippen LogP contribution in [-0.4, -0.2) is 52.3 Å². The van der Waals surface area contributed by atoms with Gasteiger partial charge in [0.05, 0.1) is 5.41 Å². The Hall–Kier alpha value is -2.30. The van der Waals surface area contributed by atoms with E-state index >= 15 is 0 Å². The number of likely N-dealkylation sites (tertiary alicyclic amines) is 2. The van der Waals surface area contributed by atoms with Crippen molar-refractivity contribution in [2.45, 2.75) is 57.4 Å². The summed E-state index contributed by atoms with van der Waals surface area (Å²) in [4.78, 5) is 33.9. The minimum absolute atomic E-state index is 0.0579. The van der Waals surface area contributed by atoms with Gasteiger partial charge in [-0.3, -0.25) is 9.59 Å². The third kappa shape index (κ3) is 2.92. The first-order valence-corrected chi connectivity index (χ1v) is 10.8. The van der Waals surface area contributed by atoms with Crippen molar-refractivity contribution in [1.29, 1.82) is 0 Å². The Labute approximate surface area is 166 Å². The second kappa shape index (κ2) is 6.94. The molecule has 3 heterocycles. The van der Waals surface area contributed by atoms with Gasteiger partial charge in [-0.15, -0.1) is 0 Å². The predicted octanol–water partition coefficient (Wildman–Crippen LogP) is 3.96. The summed E-state index contributed by atoms with van der Waals surface area (Å²) in [5.41, 5.74) is 1.42. The number of carbonyl (C=O) groups excluding carboxylic acids is 2. The van der Waals surface area contributed by atoms with E-state index in [-0.39, 0.29) is 11.3 Å². The van der Waals surface area contributed by atoms with Gasteiger partial charge < -0.3 is 14.8 Å². The highest BCUT2D eigenvalue weighted by Gasteiger charge is 2.50. The van der Waals surface area contributed by atoms with Gasteiger partial charge in [0.1, 0.15) is 0 Å². The summed E-state index contributed by atoms with van der Waals surface area (Å²) in [6.45, 7) is 2.18. The normalized spacial score (nSPS) is 26.5.